The zero-order chi connectivity index (χ0) is 25.8. The minimum Gasteiger partial charge on any atom is -0.465 e. The van der Waals surface area contributed by atoms with Gasteiger partial charge < -0.3 is 10.4 Å². The average molecular weight is 513 g/mol. The van der Waals surface area contributed by atoms with Crippen molar-refractivity contribution in [3.63, 3.8) is 0 Å². The Balaban J connectivity index is 0.000000623. The molecule has 35 heavy (non-hydrogen) atoms. The van der Waals surface area contributed by atoms with E-state index in [1.807, 2.05) is 19.1 Å². The number of nitrogens with zero attached hydrogens (tertiary/aromatic N) is 4. The summed E-state index contributed by atoms with van der Waals surface area (Å²) in [5, 5.41) is 19.6. The number of carbonyl (C=O) groups is 1. The smallest absolute Gasteiger partial charge is 0.407 e. The molecule has 1 saturated heterocycles. The highest BCUT2D eigenvalue weighted by atomic mass is 32.2. The Morgan fingerprint density at radius 1 is 1.29 bits per heavy atom. The van der Waals surface area contributed by atoms with E-state index in [2.05, 4.69) is 25.5 Å². The number of rotatable bonds is 5. The lowest BCUT2D eigenvalue weighted by Crippen LogP contribution is -2.60. The van der Waals surface area contributed by atoms with Gasteiger partial charge in [0.25, 0.3) is 16.0 Å². The van der Waals surface area contributed by atoms with E-state index < -0.39 is 34.1 Å². The molecule has 1 amide bonds. The molecule has 1 aromatic carbocycles. The van der Waals surface area contributed by atoms with Crippen LogP contribution in [0.3, 0.4) is 0 Å². The number of alkyl halides is 2. The lowest BCUT2D eigenvalue weighted by atomic mass is 9.83. The molecule has 0 aliphatic carbocycles. The number of piperidine rings is 1. The van der Waals surface area contributed by atoms with Gasteiger partial charge in [-0.05, 0) is 25.3 Å². The third-order valence-corrected chi connectivity index (χ3v) is 5.58. The van der Waals surface area contributed by atoms with Crippen molar-refractivity contribution < 1.29 is 31.7 Å². The maximum absolute atomic E-state index is 15.4. The molecular weight excluding hydrogens is 486 g/mol. The summed E-state index contributed by atoms with van der Waals surface area (Å²) in [5.74, 6) is -4.05. The number of anilines is 1. The van der Waals surface area contributed by atoms with Gasteiger partial charge >= 0.3 is 6.09 Å². The number of aromatic amines is 1. The van der Waals surface area contributed by atoms with E-state index in [0.717, 1.165) is 15.8 Å². The molecule has 14 heteroatoms. The van der Waals surface area contributed by atoms with E-state index in [1.165, 1.54) is 0 Å². The predicted octanol–water partition coefficient (Wildman–Crippen LogP) is 2.82. The van der Waals surface area contributed by atoms with Gasteiger partial charge in [-0.2, -0.15) is 18.5 Å². The van der Waals surface area contributed by atoms with Crippen LogP contribution in [0, 0.1) is 12.8 Å². The number of nitrogens with one attached hydrogen (secondary N) is 2. The highest BCUT2D eigenvalue weighted by molar-refractivity contribution is 7.85. The summed E-state index contributed by atoms with van der Waals surface area (Å²) in [7, 11) is -3.67. The Hall–Kier alpha value is -3.39. The minimum absolute atomic E-state index is 0.0446. The van der Waals surface area contributed by atoms with Crippen molar-refractivity contribution in [3.8, 4) is 0 Å². The number of aryl methyl sites for hydroxylation is 1. The normalized spacial score (nSPS) is 19.6. The molecule has 4 N–H and O–H groups in total. The largest absolute Gasteiger partial charge is 0.465 e. The van der Waals surface area contributed by atoms with Crippen LogP contribution in [-0.2, 0) is 16.5 Å². The molecule has 3 heterocycles. The molecule has 1 unspecified atom stereocenters. The Labute approximate surface area is 200 Å². The summed E-state index contributed by atoms with van der Waals surface area (Å²) in [5.41, 5.74) is 2.20. The fourth-order valence-electron chi connectivity index (χ4n) is 3.82. The second-order valence-corrected chi connectivity index (χ2v) is 9.79. The molecule has 4 rings (SSSR count). The molecule has 190 valence electrons. The Morgan fingerprint density at radius 2 is 1.94 bits per heavy atom. The van der Waals surface area contributed by atoms with Crippen LogP contribution in [-0.4, -0.2) is 80.5 Å². The number of amides is 1. The monoisotopic (exact) mass is 512 g/mol. The summed E-state index contributed by atoms with van der Waals surface area (Å²) in [6.45, 7) is 1.89. The summed E-state index contributed by atoms with van der Waals surface area (Å²) < 4.78 is 56.7. The van der Waals surface area contributed by atoms with E-state index in [0.29, 0.717) is 17.5 Å². The van der Waals surface area contributed by atoms with Crippen LogP contribution >= 0.6 is 0 Å². The van der Waals surface area contributed by atoms with Crippen molar-refractivity contribution in [1.82, 2.24) is 25.1 Å². The number of aromatic nitrogens is 4. The highest BCUT2D eigenvalue weighted by Gasteiger charge is 2.53. The van der Waals surface area contributed by atoms with Crippen LogP contribution in [0.4, 0.5) is 19.5 Å². The number of hydrogen-bond donors (Lipinski definition) is 4. The summed E-state index contributed by atoms with van der Waals surface area (Å²) in [6, 6.07) is 5.77. The minimum atomic E-state index is -3.67. The third kappa shape index (κ3) is 7.05. The summed E-state index contributed by atoms with van der Waals surface area (Å²) in [4.78, 5) is 20.8. The zero-order valence-corrected chi connectivity index (χ0v) is 19.8. The first-order valence-electron chi connectivity index (χ1n) is 10.6. The number of hydrogen-bond acceptors (Lipinski definition) is 7. The molecule has 2 atom stereocenters. The van der Waals surface area contributed by atoms with Crippen molar-refractivity contribution in [3.05, 3.63) is 47.8 Å². The van der Waals surface area contributed by atoms with Crippen LogP contribution in [0.5, 0.6) is 0 Å². The van der Waals surface area contributed by atoms with Gasteiger partial charge in [0.2, 0.25) is 5.95 Å². The van der Waals surface area contributed by atoms with Gasteiger partial charge in [0.05, 0.1) is 17.8 Å². The fraction of sp³-hybridized carbons (Fsp3) is 0.429. The Bertz CT molecular complexity index is 1260. The lowest BCUT2D eigenvalue weighted by molar-refractivity contribution is -0.140. The van der Waals surface area contributed by atoms with Gasteiger partial charge in [0.1, 0.15) is 6.04 Å². The first-order valence-corrected chi connectivity index (χ1v) is 12.4. The molecule has 1 aliphatic rings. The second kappa shape index (κ2) is 10.5. The quantitative estimate of drug-likeness (QED) is 0.377. The van der Waals surface area contributed by atoms with E-state index in [9.17, 15) is 18.3 Å². The Kier molecular flexibility index (Phi) is 7.85. The van der Waals surface area contributed by atoms with Crippen molar-refractivity contribution in [2.75, 3.05) is 24.7 Å². The molecular formula is C21H26F2N6O5S. The van der Waals surface area contributed by atoms with E-state index in [-0.39, 0.29) is 31.9 Å². The van der Waals surface area contributed by atoms with Crippen molar-refractivity contribution in [1.29, 1.82) is 0 Å². The molecule has 1 fully saturated rings. The van der Waals surface area contributed by atoms with Crippen LogP contribution in [0.1, 0.15) is 17.5 Å². The number of benzene rings is 1. The van der Waals surface area contributed by atoms with E-state index in [4.69, 9.17) is 4.55 Å². The lowest BCUT2D eigenvalue weighted by Gasteiger charge is -2.44. The number of carboxylic acid groups (broad SMARTS) is 1. The molecule has 1 aliphatic heterocycles. The molecule has 3 aromatic rings. The van der Waals surface area contributed by atoms with Gasteiger partial charge in [-0.25, -0.2) is 18.6 Å². The molecule has 2 aromatic heterocycles. The maximum atomic E-state index is 15.4. The van der Waals surface area contributed by atoms with Gasteiger partial charge in [0, 0.05) is 25.2 Å². The van der Waals surface area contributed by atoms with Gasteiger partial charge in [-0.15, -0.1) is 0 Å². The van der Waals surface area contributed by atoms with Crippen molar-refractivity contribution in [2.24, 2.45) is 5.92 Å². The van der Waals surface area contributed by atoms with Crippen LogP contribution < -0.4 is 5.32 Å². The first-order chi connectivity index (χ1) is 16.3. The fourth-order valence-corrected chi connectivity index (χ4v) is 3.82. The van der Waals surface area contributed by atoms with E-state index in [1.54, 1.807) is 24.5 Å². The third-order valence-electron chi connectivity index (χ3n) is 5.58. The average Bonchev–Trinajstić information content (AvgIpc) is 3.22. The van der Waals surface area contributed by atoms with Crippen molar-refractivity contribution >= 4 is 33.2 Å². The first kappa shape index (κ1) is 26.2. The second-order valence-electron chi connectivity index (χ2n) is 8.32. The number of halogens is 2. The standard InChI is InChI=1S/C20H22F2N6O2.CH4O3S/c1-12-2-4-13(5-3-12)8-16-20(21,22)15(6-7-28(16)19(29)30)11-24-18-23-9-14-10-25-27-17(14)26-18;1-5(2,3)4/h2-5,9-10,15-16H,6-8,11H2,1H3,(H,29,30)(H2,23,24,25,26,27);1H3,(H,2,3,4)/t15?,16-;/m1./s1. The maximum Gasteiger partial charge on any atom is 0.407 e. The highest BCUT2D eigenvalue weighted by Crippen LogP contribution is 2.39. The number of H-pyrrole nitrogens is 1. The SMILES string of the molecule is CS(=O)(=O)O.Cc1ccc(C[C@H]2N(C(=O)O)CCC(CNc3ncc4cn[nH]c4n3)C2(F)F)cc1. The number of likely N-dealkylation sites (tertiary alicyclic amines) is 1. The van der Waals surface area contributed by atoms with Crippen LogP contribution in [0.15, 0.2) is 36.7 Å². The van der Waals surface area contributed by atoms with Gasteiger partial charge in [-0.1, -0.05) is 29.8 Å². The predicted molar refractivity (Wildman–Crippen MR) is 124 cm³/mol. The summed E-state index contributed by atoms with van der Waals surface area (Å²) in [6.07, 6.45) is 2.51. The molecule has 0 bridgehead atoms. The molecule has 0 radical (unpaired) electrons. The Morgan fingerprint density at radius 3 is 2.57 bits per heavy atom. The molecule has 0 saturated carbocycles. The van der Waals surface area contributed by atoms with Crippen molar-refractivity contribution in [2.45, 2.75) is 31.7 Å². The van der Waals surface area contributed by atoms with Crippen LogP contribution in [0.2, 0.25) is 0 Å². The number of fused-ring (bicyclic) bond motifs is 1. The molecule has 0 spiro atoms. The van der Waals surface area contributed by atoms with Crippen LogP contribution in [0.25, 0.3) is 11.0 Å². The van der Waals surface area contributed by atoms with E-state index >= 15 is 8.78 Å². The topological polar surface area (TPSA) is 161 Å². The summed E-state index contributed by atoms with van der Waals surface area (Å²) >= 11 is 0. The van der Waals surface area contributed by atoms with Gasteiger partial charge in [-0.3, -0.25) is 14.6 Å². The van der Waals surface area contributed by atoms with Gasteiger partial charge in [0.15, 0.2) is 5.65 Å². The zero-order valence-electron chi connectivity index (χ0n) is 19.0. The molecule has 11 nitrogen and oxygen atoms in total.